The average molecular weight is 204 g/mol. The monoisotopic (exact) mass is 204 g/mol. The van der Waals surface area contributed by atoms with Crippen LogP contribution in [0.2, 0.25) is 0 Å². The molecule has 2 heteroatoms. The zero-order valence-corrected chi connectivity index (χ0v) is 9.61. The molecular formula is C13H20N2. The molecule has 15 heavy (non-hydrogen) atoms. The van der Waals surface area contributed by atoms with Crippen molar-refractivity contribution in [3.63, 3.8) is 0 Å². The first-order chi connectivity index (χ1) is 7.18. The van der Waals surface area contributed by atoms with E-state index in [1.54, 1.807) is 0 Å². The molecule has 1 saturated carbocycles. The van der Waals surface area contributed by atoms with Crippen LogP contribution in [0.15, 0.2) is 18.3 Å². The van der Waals surface area contributed by atoms with Crippen LogP contribution in [0.1, 0.15) is 31.0 Å². The molecule has 1 aliphatic carbocycles. The van der Waals surface area contributed by atoms with Gasteiger partial charge in [-0.2, -0.15) is 0 Å². The van der Waals surface area contributed by atoms with Crippen LogP contribution in [0.25, 0.3) is 0 Å². The quantitative estimate of drug-likeness (QED) is 0.817. The zero-order chi connectivity index (χ0) is 10.8. The third-order valence-corrected chi connectivity index (χ3v) is 3.59. The van der Waals surface area contributed by atoms with Gasteiger partial charge in [-0.3, -0.25) is 4.98 Å². The molecule has 1 aliphatic rings. The summed E-state index contributed by atoms with van der Waals surface area (Å²) >= 11 is 0. The number of nitrogens with zero attached hydrogens (tertiary/aromatic N) is 1. The summed E-state index contributed by atoms with van der Waals surface area (Å²) in [6, 6.07) is 4.36. The summed E-state index contributed by atoms with van der Waals surface area (Å²) in [6.45, 7) is 4.39. The number of aryl methyl sites for hydroxylation is 1. The molecule has 2 rings (SSSR count). The lowest BCUT2D eigenvalue weighted by Crippen LogP contribution is -2.32. The minimum absolute atomic E-state index is 0.270. The second-order valence-corrected chi connectivity index (χ2v) is 4.83. The highest BCUT2D eigenvalue weighted by Gasteiger charge is 2.31. The summed E-state index contributed by atoms with van der Waals surface area (Å²) in [4.78, 5) is 4.40. The van der Waals surface area contributed by atoms with Crippen molar-refractivity contribution >= 4 is 0 Å². The number of aromatic nitrogens is 1. The van der Waals surface area contributed by atoms with Crippen LogP contribution in [0.5, 0.6) is 0 Å². The molecule has 1 aromatic rings. The molecule has 0 bridgehead atoms. The predicted octanol–water partition coefficient (Wildman–Crippen LogP) is 2.31. The summed E-state index contributed by atoms with van der Waals surface area (Å²) in [5.41, 5.74) is 8.64. The van der Waals surface area contributed by atoms with Gasteiger partial charge in [-0.05, 0) is 43.2 Å². The molecule has 0 amide bonds. The standard InChI is InChI=1S/C13H20N2/c1-9-4-3-7-15-13(9)8-12(14)10(2)11-5-6-11/h3-4,7,10-12H,5-6,8,14H2,1-2H3. The van der Waals surface area contributed by atoms with E-state index < -0.39 is 0 Å². The van der Waals surface area contributed by atoms with E-state index in [0.717, 1.165) is 18.0 Å². The van der Waals surface area contributed by atoms with Gasteiger partial charge in [-0.1, -0.05) is 13.0 Å². The summed E-state index contributed by atoms with van der Waals surface area (Å²) < 4.78 is 0. The number of hydrogen-bond donors (Lipinski definition) is 1. The van der Waals surface area contributed by atoms with Crippen molar-refractivity contribution < 1.29 is 0 Å². The molecular weight excluding hydrogens is 184 g/mol. The Hall–Kier alpha value is -0.890. The van der Waals surface area contributed by atoms with Gasteiger partial charge in [-0.15, -0.1) is 0 Å². The topological polar surface area (TPSA) is 38.9 Å². The van der Waals surface area contributed by atoms with Crippen LogP contribution >= 0.6 is 0 Å². The van der Waals surface area contributed by atoms with Gasteiger partial charge in [0, 0.05) is 24.4 Å². The molecule has 2 atom stereocenters. The van der Waals surface area contributed by atoms with Crippen molar-refractivity contribution in [3.8, 4) is 0 Å². The van der Waals surface area contributed by atoms with Gasteiger partial charge < -0.3 is 5.73 Å². The highest BCUT2D eigenvalue weighted by Crippen LogP contribution is 2.38. The van der Waals surface area contributed by atoms with Crippen LogP contribution in [-0.2, 0) is 6.42 Å². The summed E-state index contributed by atoms with van der Waals surface area (Å²) in [5, 5.41) is 0. The fourth-order valence-corrected chi connectivity index (χ4v) is 2.11. The van der Waals surface area contributed by atoms with Crippen molar-refractivity contribution in [2.75, 3.05) is 0 Å². The van der Waals surface area contributed by atoms with E-state index >= 15 is 0 Å². The summed E-state index contributed by atoms with van der Waals surface area (Å²) in [6.07, 6.45) is 5.52. The Balaban J connectivity index is 1.98. The summed E-state index contributed by atoms with van der Waals surface area (Å²) in [5.74, 6) is 1.52. The highest BCUT2D eigenvalue weighted by atomic mass is 14.7. The fraction of sp³-hybridized carbons (Fsp3) is 0.615. The SMILES string of the molecule is Cc1cccnc1CC(N)C(C)C1CC1. The number of pyridine rings is 1. The highest BCUT2D eigenvalue weighted by molar-refractivity contribution is 5.18. The molecule has 1 aromatic heterocycles. The van der Waals surface area contributed by atoms with Gasteiger partial charge in [0.25, 0.3) is 0 Å². The van der Waals surface area contributed by atoms with Gasteiger partial charge in [0.1, 0.15) is 0 Å². The molecule has 2 nitrogen and oxygen atoms in total. The Morgan fingerprint density at radius 3 is 2.87 bits per heavy atom. The van der Waals surface area contributed by atoms with E-state index in [0.29, 0.717) is 5.92 Å². The minimum Gasteiger partial charge on any atom is -0.327 e. The molecule has 0 saturated heterocycles. The van der Waals surface area contributed by atoms with Crippen molar-refractivity contribution in [2.45, 2.75) is 39.2 Å². The summed E-state index contributed by atoms with van der Waals surface area (Å²) in [7, 11) is 0. The molecule has 2 N–H and O–H groups in total. The predicted molar refractivity (Wildman–Crippen MR) is 62.5 cm³/mol. The van der Waals surface area contributed by atoms with Crippen molar-refractivity contribution in [1.29, 1.82) is 0 Å². The first-order valence-electron chi connectivity index (χ1n) is 5.84. The smallest absolute Gasteiger partial charge is 0.0448 e. The maximum Gasteiger partial charge on any atom is 0.0448 e. The largest absolute Gasteiger partial charge is 0.327 e. The lowest BCUT2D eigenvalue weighted by Gasteiger charge is -2.19. The third kappa shape index (κ3) is 2.57. The molecule has 0 aliphatic heterocycles. The van der Waals surface area contributed by atoms with Gasteiger partial charge in [0.2, 0.25) is 0 Å². The maximum absolute atomic E-state index is 6.22. The molecule has 82 valence electrons. The normalized spacial score (nSPS) is 19.9. The minimum atomic E-state index is 0.270. The maximum atomic E-state index is 6.22. The second-order valence-electron chi connectivity index (χ2n) is 4.83. The fourth-order valence-electron chi connectivity index (χ4n) is 2.11. The lowest BCUT2D eigenvalue weighted by atomic mass is 9.93. The van der Waals surface area contributed by atoms with Crippen LogP contribution < -0.4 is 5.73 Å². The van der Waals surface area contributed by atoms with E-state index in [4.69, 9.17) is 5.73 Å². The number of rotatable bonds is 4. The van der Waals surface area contributed by atoms with Crippen LogP contribution in [-0.4, -0.2) is 11.0 Å². The Labute approximate surface area is 91.9 Å². The Morgan fingerprint density at radius 1 is 1.53 bits per heavy atom. The lowest BCUT2D eigenvalue weighted by molar-refractivity contribution is 0.401. The van der Waals surface area contributed by atoms with E-state index in [2.05, 4.69) is 24.9 Å². The molecule has 0 spiro atoms. The van der Waals surface area contributed by atoms with E-state index in [9.17, 15) is 0 Å². The van der Waals surface area contributed by atoms with Crippen LogP contribution in [0, 0.1) is 18.8 Å². The number of hydrogen-bond acceptors (Lipinski definition) is 2. The Bertz CT molecular complexity index is 331. The van der Waals surface area contributed by atoms with Crippen molar-refractivity contribution in [2.24, 2.45) is 17.6 Å². The van der Waals surface area contributed by atoms with E-state index in [-0.39, 0.29) is 6.04 Å². The van der Waals surface area contributed by atoms with Gasteiger partial charge in [0.15, 0.2) is 0 Å². The molecule has 1 fully saturated rings. The molecule has 2 unspecified atom stereocenters. The molecule has 1 heterocycles. The van der Waals surface area contributed by atoms with Gasteiger partial charge in [0.05, 0.1) is 0 Å². The first kappa shape index (κ1) is 10.6. The average Bonchev–Trinajstić information content (AvgIpc) is 3.04. The van der Waals surface area contributed by atoms with Crippen molar-refractivity contribution in [3.05, 3.63) is 29.6 Å². The van der Waals surface area contributed by atoms with Crippen LogP contribution in [0.3, 0.4) is 0 Å². The van der Waals surface area contributed by atoms with Gasteiger partial charge in [-0.25, -0.2) is 0 Å². The van der Waals surface area contributed by atoms with Gasteiger partial charge >= 0.3 is 0 Å². The Kier molecular flexibility index (Phi) is 3.06. The van der Waals surface area contributed by atoms with Crippen molar-refractivity contribution in [1.82, 2.24) is 4.98 Å². The molecule has 0 aromatic carbocycles. The first-order valence-corrected chi connectivity index (χ1v) is 5.84. The molecule has 0 radical (unpaired) electrons. The number of nitrogens with two attached hydrogens (primary N) is 1. The zero-order valence-electron chi connectivity index (χ0n) is 9.61. The Morgan fingerprint density at radius 2 is 2.27 bits per heavy atom. The van der Waals surface area contributed by atoms with E-state index in [1.165, 1.54) is 18.4 Å². The third-order valence-electron chi connectivity index (χ3n) is 3.59. The van der Waals surface area contributed by atoms with E-state index in [1.807, 2.05) is 12.3 Å². The van der Waals surface area contributed by atoms with Crippen LogP contribution in [0.4, 0.5) is 0 Å². The second kappa shape index (κ2) is 4.31.